The molecule has 8 nitrogen and oxygen atoms in total. The van der Waals surface area contributed by atoms with Crippen LogP contribution in [0, 0.1) is 0 Å². The fraction of sp³-hybridized carbons (Fsp3) is 0.212. The molecule has 42 heavy (non-hydrogen) atoms. The topological polar surface area (TPSA) is 96.0 Å². The number of carbonyl (C=O) groups is 2. The Kier molecular flexibility index (Phi) is 8.70. The number of rotatable bonds is 9. The van der Waals surface area contributed by atoms with E-state index in [1.807, 2.05) is 109 Å². The van der Waals surface area contributed by atoms with Gasteiger partial charge in [-0.1, -0.05) is 103 Å². The second kappa shape index (κ2) is 12.6. The fourth-order valence-electron chi connectivity index (χ4n) is 5.15. The molecule has 216 valence electrons. The molecule has 0 spiro atoms. The van der Waals surface area contributed by atoms with Gasteiger partial charge in [-0.2, -0.15) is 12.7 Å². The highest BCUT2D eigenvalue weighted by Crippen LogP contribution is 2.35. The van der Waals surface area contributed by atoms with E-state index < -0.39 is 28.1 Å². The molecule has 1 aliphatic heterocycles. The molecule has 0 saturated carbocycles. The maximum atomic E-state index is 14.5. The van der Waals surface area contributed by atoms with Crippen molar-refractivity contribution < 1.29 is 22.7 Å². The molecule has 1 N–H and O–H groups in total. The monoisotopic (exact) mass is 583 g/mol. The lowest BCUT2D eigenvalue weighted by Crippen LogP contribution is -2.55. The summed E-state index contributed by atoms with van der Waals surface area (Å²) in [5.74, 6) is -1.16. The average Bonchev–Trinajstić information content (AvgIpc) is 3.00. The van der Waals surface area contributed by atoms with Gasteiger partial charge in [-0.05, 0) is 28.3 Å². The molecule has 4 aromatic rings. The van der Waals surface area contributed by atoms with Crippen molar-refractivity contribution in [3.05, 3.63) is 137 Å². The van der Waals surface area contributed by atoms with E-state index in [4.69, 9.17) is 4.74 Å². The van der Waals surface area contributed by atoms with Crippen LogP contribution in [-0.4, -0.2) is 49.6 Å². The van der Waals surface area contributed by atoms with Crippen LogP contribution in [0.1, 0.15) is 33.7 Å². The third kappa shape index (κ3) is 6.37. The number of ether oxygens (including phenoxy) is 1. The van der Waals surface area contributed by atoms with E-state index in [2.05, 4.69) is 4.72 Å². The Labute approximate surface area is 246 Å². The summed E-state index contributed by atoms with van der Waals surface area (Å²) in [6.45, 7) is 0.447. The van der Waals surface area contributed by atoms with Crippen LogP contribution >= 0.6 is 0 Å². The second-order valence-electron chi connectivity index (χ2n) is 10.4. The maximum absolute atomic E-state index is 14.5. The zero-order valence-electron chi connectivity index (χ0n) is 23.5. The van der Waals surface area contributed by atoms with Crippen LogP contribution in [0.15, 0.2) is 109 Å². The number of amides is 2. The predicted molar refractivity (Wildman–Crippen MR) is 161 cm³/mol. The molecular formula is C33H33N3O5S. The Morgan fingerprint density at radius 1 is 0.857 bits per heavy atom. The van der Waals surface area contributed by atoms with E-state index in [9.17, 15) is 18.0 Å². The third-order valence-corrected chi connectivity index (χ3v) is 8.81. The molecule has 2 amide bonds. The summed E-state index contributed by atoms with van der Waals surface area (Å²) in [5.41, 5.74) is 4.16. The Bertz CT molecular complexity index is 1610. The minimum Gasteiger partial charge on any atom is -0.489 e. The van der Waals surface area contributed by atoms with E-state index in [1.54, 1.807) is 0 Å². The van der Waals surface area contributed by atoms with Crippen molar-refractivity contribution in [3.63, 3.8) is 0 Å². The quantitative estimate of drug-likeness (QED) is 0.318. The molecule has 9 heteroatoms. The summed E-state index contributed by atoms with van der Waals surface area (Å²) in [6, 6.07) is 33.0. The molecule has 0 saturated heterocycles. The van der Waals surface area contributed by atoms with Crippen LogP contribution in [-0.2, 0) is 39.4 Å². The first kappa shape index (κ1) is 29.0. The van der Waals surface area contributed by atoms with Crippen molar-refractivity contribution in [1.29, 1.82) is 0 Å². The van der Waals surface area contributed by atoms with Crippen LogP contribution in [0.4, 0.5) is 0 Å². The number of benzene rings is 4. The molecule has 1 aliphatic rings. The lowest BCUT2D eigenvalue weighted by Gasteiger charge is -2.38. The zero-order chi connectivity index (χ0) is 29.7. The lowest BCUT2D eigenvalue weighted by molar-refractivity contribution is -0.141. The first-order valence-electron chi connectivity index (χ1n) is 13.7. The van der Waals surface area contributed by atoms with Crippen molar-refractivity contribution in [3.8, 4) is 5.75 Å². The summed E-state index contributed by atoms with van der Waals surface area (Å²) in [5, 5.41) is 0. The van der Waals surface area contributed by atoms with E-state index in [1.165, 1.54) is 19.0 Å². The van der Waals surface area contributed by atoms with Gasteiger partial charge in [0, 0.05) is 32.6 Å². The minimum atomic E-state index is -4.09. The van der Waals surface area contributed by atoms with Crippen LogP contribution in [0.3, 0.4) is 0 Å². The molecule has 0 aliphatic carbocycles. The normalized spacial score (nSPS) is 14.9. The maximum Gasteiger partial charge on any atom is 0.303 e. The van der Waals surface area contributed by atoms with E-state index >= 15 is 0 Å². The first-order chi connectivity index (χ1) is 20.2. The smallest absolute Gasteiger partial charge is 0.303 e. The van der Waals surface area contributed by atoms with E-state index in [-0.39, 0.29) is 18.9 Å². The van der Waals surface area contributed by atoms with Gasteiger partial charge in [0.1, 0.15) is 18.4 Å². The zero-order valence-corrected chi connectivity index (χ0v) is 24.3. The summed E-state index contributed by atoms with van der Waals surface area (Å²) < 4.78 is 34.6. The molecule has 5 rings (SSSR count). The van der Waals surface area contributed by atoms with Crippen molar-refractivity contribution in [1.82, 2.24) is 13.9 Å². The van der Waals surface area contributed by atoms with E-state index in [0.29, 0.717) is 12.4 Å². The van der Waals surface area contributed by atoms with Gasteiger partial charge in [0.15, 0.2) is 0 Å². The Morgan fingerprint density at radius 2 is 1.43 bits per heavy atom. The molecule has 0 aromatic heterocycles. The average molecular weight is 584 g/mol. The van der Waals surface area contributed by atoms with Gasteiger partial charge in [-0.15, -0.1) is 0 Å². The van der Waals surface area contributed by atoms with Gasteiger partial charge < -0.3 is 9.64 Å². The molecule has 0 unspecified atom stereocenters. The molecule has 0 fully saturated rings. The highest BCUT2D eigenvalue weighted by molar-refractivity contribution is 7.87. The summed E-state index contributed by atoms with van der Waals surface area (Å²) in [7, 11) is -1.41. The van der Waals surface area contributed by atoms with Crippen molar-refractivity contribution in [2.75, 3.05) is 14.1 Å². The number of hydrogen-bond acceptors (Lipinski definition) is 5. The molecule has 0 bridgehead atoms. The van der Waals surface area contributed by atoms with Crippen LogP contribution in [0.25, 0.3) is 0 Å². The number of fused-ring (bicyclic) bond motifs is 1. The van der Waals surface area contributed by atoms with E-state index in [0.717, 1.165) is 32.1 Å². The third-order valence-electron chi connectivity index (χ3n) is 7.39. The first-order valence-corrected chi connectivity index (χ1v) is 15.1. The number of nitrogens with zero attached hydrogens (tertiary/aromatic N) is 2. The molecule has 1 heterocycles. The molecule has 1 atom stereocenters. The van der Waals surface area contributed by atoms with Crippen molar-refractivity contribution >= 4 is 22.0 Å². The number of nitrogens with one attached hydrogen (secondary N) is 1. The van der Waals surface area contributed by atoms with Crippen molar-refractivity contribution in [2.24, 2.45) is 0 Å². The minimum absolute atomic E-state index is 0.0944. The number of carbonyl (C=O) groups excluding carboxylic acids is 2. The standard InChI is InChI=1S/C33H33N3O5S/c1-35(2)42(39,40)34-32(37)29-21-28-27(19-12-20-30(28)41-23-24-13-6-3-7-14-24)22-36(29)33(38)31(25-15-8-4-9-16-25)26-17-10-5-11-18-26/h3-20,29,31H,21-23H2,1-2H3,(H,34,37)/t29-/m0/s1. The largest absolute Gasteiger partial charge is 0.489 e. The van der Waals surface area contributed by atoms with Crippen LogP contribution < -0.4 is 9.46 Å². The highest BCUT2D eigenvalue weighted by atomic mass is 32.2. The Balaban J connectivity index is 1.54. The lowest BCUT2D eigenvalue weighted by atomic mass is 9.86. The number of hydrogen-bond donors (Lipinski definition) is 1. The Hall–Kier alpha value is -4.47. The summed E-state index contributed by atoms with van der Waals surface area (Å²) in [4.78, 5) is 29.6. The van der Waals surface area contributed by atoms with Gasteiger partial charge in [0.05, 0.1) is 5.92 Å². The fourth-order valence-corrected chi connectivity index (χ4v) is 5.72. The Morgan fingerprint density at radius 3 is 2.00 bits per heavy atom. The van der Waals surface area contributed by atoms with Crippen LogP contribution in [0.5, 0.6) is 5.75 Å². The SMILES string of the molecule is CN(C)S(=O)(=O)NC(=O)[C@@H]1Cc2c(cccc2OCc2ccccc2)CN1C(=O)C(c1ccccc1)c1ccccc1. The highest BCUT2D eigenvalue weighted by Gasteiger charge is 2.40. The summed E-state index contributed by atoms with van der Waals surface area (Å²) in [6.07, 6.45) is 0.0944. The van der Waals surface area contributed by atoms with Crippen LogP contribution in [0.2, 0.25) is 0 Å². The van der Waals surface area contributed by atoms with Gasteiger partial charge >= 0.3 is 10.2 Å². The second-order valence-corrected chi connectivity index (χ2v) is 12.2. The van der Waals surface area contributed by atoms with Gasteiger partial charge in [0.25, 0.3) is 5.91 Å². The summed E-state index contributed by atoms with van der Waals surface area (Å²) >= 11 is 0. The molecule has 0 radical (unpaired) electrons. The van der Waals surface area contributed by atoms with Crippen molar-refractivity contribution in [2.45, 2.75) is 31.5 Å². The van der Waals surface area contributed by atoms with Gasteiger partial charge in [-0.3, -0.25) is 9.59 Å². The van der Waals surface area contributed by atoms with Gasteiger partial charge in [0.2, 0.25) is 5.91 Å². The molecule has 4 aromatic carbocycles. The predicted octanol–water partition coefficient (Wildman–Crippen LogP) is 4.27. The molecular weight excluding hydrogens is 550 g/mol. The van der Waals surface area contributed by atoms with Gasteiger partial charge in [-0.25, -0.2) is 4.72 Å².